The van der Waals surface area contributed by atoms with Gasteiger partial charge in [-0.2, -0.15) is 5.26 Å². The van der Waals surface area contributed by atoms with E-state index in [0.717, 1.165) is 17.7 Å². The Morgan fingerprint density at radius 2 is 2.14 bits per heavy atom. The highest BCUT2D eigenvalue weighted by Gasteiger charge is 2.40. The second-order valence-corrected chi connectivity index (χ2v) is 5.57. The first-order valence-electron chi connectivity index (χ1n) is 7.25. The van der Waals surface area contributed by atoms with E-state index in [1.54, 1.807) is 0 Å². The molecule has 1 atom stereocenters. The third-order valence-corrected chi connectivity index (χ3v) is 4.20. The molecule has 21 heavy (non-hydrogen) atoms. The molecule has 2 heterocycles. The number of rotatable bonds is 3. The molecule has 1 N–H and O–H groups in total. The van der Waals surface area contributed by atoms with Gasteiger partial charge in [0.1, 0.15) is 17.3 Å². The fourth-order valence-electron chi connectivity index (χ4n) is 2.85. The topological polar surface area (TPSA) is 71.4 Å². The molecule has 0 aliphatic carbocycles. The van der Waals surface area contributed by atoms with Crippen molar-refractivity contribution in [3.8, 4) is 11.8 Å². The van der Waals surface area contributed by atoms with E-state index in [1.807, 2.05) is 24.3 Å². The van der Waals surface area contributed by atoms with Crippen molar-refractivity contribution in [3.05, 3.63) is 29.8 Å². The van der Waals surface area contributed by atoms with Crippen molar-refractivity contribution in [2.75, 3.05) is 19.8 Å². The zero-order chi connectivity index (χ0) is 14.7. The summed E-state index contributed by atoms with van der Waals surface area (Å²) in [5.74, 6) is 0.686. The summed E-state index contributed by atoms with van der Waals surface area (Å²) in [5.41, 5.74) is 0.224. The summed E-state index contributed by atoms with van der Waals surface area (Å²) in [6.07, 6.45) is 1.66. The van der Waals surface area contributed by atoms with Crippen LogP contribution in [0.4, 0.5) is 0 Å². The van der Waals surface area contributed by atoms with Gasteiger partial charge in [0.2, 0.25) is 5.91 Å². The highest BCUT2D eigenvalue weighted by atomic mass is 16.5. The lowest BCUT2D eigenvalue weighted by atomic mass is 9.81. The molecule has 0 radical (unpaired) electrons. The van der Waals surface area contributed by atoms with Gasteiger partial charge in [0, 0.05) is 19.6 Å². The summed E-state index contributed by atoms with van der Waals surface area (Å²) in [4.78, 5) is 12.3. The minimum Gasteiger partial charge on any atom is -0.488 e. The zero-order valence-electron chi connectivity index (χ0n) is 11.8. The van der Waals surface area contributed by atoms with Crippen LogP contribution in [0.1, 0.15) is 18.4 Å². The first kappa shape index (κ1) is 13.9. The predicted octanol–water partition coefficient (Wildman–Crippen LogP) is 1.43. The van der Waals surface area contributed by atoms with E-state index in [2.05, 4.69) is 11.4 Å². The fraction of sp³-hybridized carbons (Fsp3) is 0.500. The van der Waals surface area contributed by atoms with Crippen molar-refractivity contribution in [1.82, 2.24) is 5.32 Å². The number of ether oxygens (including phenoxy) is 2. The molecular weight excluding hydrogens is 268 g/mol. The lowest BCUT2D eigenvalue weighted by molar-refractivity contribution is -0.132. The SMILES string of the molecule is N#CC1(C(=O)NCC2Cc3ccccc3O2)CCOCC1. The minimum absolute atomic E-state index is 0.0538. The number of nitriles is 1. The van der Waals surface area contributed by atoms with Crippen molar-refractivity contribution in [3.63, 3.8) is 0 Å². The van der Waals surface area contributed by atoms with Crippen LogP contribution in [0.25, 0.3) is 0 Å². The molecule has 1 aromatic rings. The largest absolute Gasteiger partial charge is 0.488 e. The molecule has 1 aromatic carbocycles. The first-order chi connectivity index (χ1) is 10.2. The summed E-state index contributed by atoms with van der Waals surface area (Å²) in [6, 6.07) is 10.1. The number of amides is 1. The van der Waals surface area contributed by atoms with E-state index in [0.29, 0.717) is 32.6 Å². The Hall–Kier alpha value is -2.06. The Bertz CT molecular complexity index is 548. The zero-order valence-corrected chi connectivity index (χ0v) is 11.8. The molecule has 2 aliphatic rings. The standard InChI is InChI=1S/C16H18N2O3/c17-11-16(5-7-20-8-6-16)15(19)18-10-13-9-12-3-1-2-4-14(12)21-13/h1-4,13H,5-10H2,(H,18,19). The molecule has 1 unspecified atom stereocenters. The molecule has 3 rings (SSSR count). The van der Waals surface area contributed by atoms with Crippen molar-refractivity contribution < 1.29 is 14.3 Å². The van der Waals surface area contributed by atoms with E-state index in [1.165, 1.54) is 0 Å². The lowest BCUT2D eigenvalue weighted by Gasteiger charge is -2.29. The average Bonchev–Trinajstić information content (AvgIpc) is 2.96. The molecule has 1 amide bonds. The Kier molecular flexibility index (Phi) is 3.80. The smallest absolute Gasteiger partial charge is 0.240 e. The van der Waals surface area contributed by atoms with Crippen molar-refractivity contribution in [1.29, 1.82) is 5.26 Å². The van der Waals surface area contributed by atoms with Crippen molar-refractivity contribution in [2.24, 2.45) is 5.41 Å². The van der Waals surface area contributed by atoms with Gasteiger partial charge in [0.15, 0.2) is 0 Å². The molecular formula is C16H18N2O3. The molecule has 0 bridgehead atoms. The Labute approximate surface area is 123 Å². The van der Waals surface area contributed by atoms with Gasteiger partial charge in [0.25, 0.3) is 0 Å². The number of nitrogens with zero attached hydrogens (tertiary/aromatic N) is 1. The maximum absolute atomic E-state index is 12.3. The van der Waals surface area contributed by atoms with E-state index in [4.69, 9.17) is 9.47 Å². The van der Waals surface area contributed by atoms with Gasteiger partial charge in [-0.15, -0.1) is 0 Å². The quantitative estimate of drug-likeness (QED) is 0.912. The molecule has 5 nitrogen and oxygen atoms in total. The van der Waals surface area contributed by atoms with E-state index in [9.17, 15) is 10.1 Å². The third-order valence-electron chi connectivity index (χ3n) is 4.20. The maximum Gasteiger partial charge on any atom is 0.240 e. The molecule has 110 valence electrons. The number of carbonyl (C=O) groups is 1. The van der Waals surface area contributed by atoms with Gasteiger partial charge in [-0.1, -0.05) is 18.2 Å². The monoisotopic (exact) mass is 286 g/mol. The van der Waals surface area contributed by atoms with Crippen LogP contribution >= 0.6 is 0 Å². The molecule has 2 aliphatic heterocycles. The van der Waals surface area contributed by atoms with Gasteiger partial charge in [-0.05, 0) is 24.5 Å². The average molecular weight is 286 g/mol. The maximum atomic E-state index is 12.3. The van der Waals surface area contributed by atoms with Crippen LogP contribution in [-0.2, 0) is 16.0 Å². The molecule has 0 spiro atoms. The van der Waals surface area contributed by atoms with Crippen LogP contribution in [-0.4, -0.2) is 31.8 Å². The van der Waals surface area contributed by atoms with E-state index in [-0.39, 0.29) is 12.0 Å². The summed E-state index contributed by atoms with van der Waals surface area (Å²) in [6.45, 7) is 1.36. The predicted molar refractivity (Wildman–Crippen MR) is 75.7 cm³/mol. The number of hydrogen-bond donors (Lipinski definition) is 1. The van der Waals surface area contributed by atoms with Crippen LogP contribution in [0.15, 0.2) is 24.3 Å². The number of nitrogens with one attached hydrogen (secondary N) is 1. The fourth-order valence-corrected chi connectivity index (χ4v) is 2.85. The number of benzene rings is 1. The number of hydrogen-bond acceptors (Lipinski definition) is 4. The lowest BCUT2D eigenvalue weighted by Crippen LogP contribution is -2.46. The number of fused-ring (bicyclic) bond motifs is 1. The van der Waals surface area contributed by atoms with Crippen LogP contribution in [0.2, 0.25) is 0 Å². The van der Waals surface area contributed by atoms with E-state index < -0.39 is 5.41 Å². The molecule has 1 saturated heterocycles. The van der Waals surface area contributed by atoms with Gasteiger partial charge in [-0.25, -0.2) is 0 Å². The first-order valence-corrected chi connectivity index (χ1v) is 7.25. The number of para-hydroxylation sites is 1. The second kappa shape index (κ2) is 5.74. The summed E-state index contributed by atoms with van der Waals surface area (Å²) >= 11 is 0. The van der Waals surface area contributed by atoms with Crippen molar-refractivity contribution in [2.45, 2.75) is 25.4 Å². The normalized spacial score (nSPS) is 22.7. The van der Waals surface area contributed by atoms with Crippen LogP contribution < -0.4 is 10.1 Å². The highest BCUT2D eigenvalue weighted by molar-refractivity contribution is 5.85. The second-order valence-electron chi connectivity index (χ2n) is 5.57. The van der Waals surface area contributed by atoms with Gasteiger partial charge in [0.05, 0.1) is 12.6 Å². The summed E-state index contributed by atoms with van der Waals surface area (Å²) < 4.78 is 11.0. The van der Waals surface area contributed by atoms with Crippen LogP contribution in [0.3, 0.4) is 0 Å². The van der Waals surface area contributed by atoms with Gasteiger partial charge >= 0.3 is 0 Å². The highest BCUT2D eigenvalue weighted by Crippen LogP contribution is 2.31. The third kappa shape index (κ3) is 2.72. The van der Waals surface area contributed by atoms with Crippen LogP contribution in [0.5, 0.6) is 5.75 Å². The number of carbonyl (C=O) groups excluding carboxylic acids is 1. The summed E-state index contributed by atoms with van der Waals surface area (Å²) in [5, 5.41) is 12.2. The molecule has 0 saturated carbocycles. The Morgan fingerprint density at radius 3 is 2.86 bits per heavy atom. The van der Waals surface area contributed by atoms with E-state index >= 15 is 0 Å². The minimum atomic E-state index is -0.941. The molecule has 5 heteroatoms. The molecule has 1 fully saturated rings. The Morgan fingerprint density at radius 1 is 1.38 bits per heavy atom. The molecule has 0 aromatic heterocycles. The van der Waals surface area contributed by atoms with Gasteiger partial charge < -0.3 is 14.8 Å². The van der Waals surface area contributed by atoms with Gasteiger partial charge in [-0.3, -0.25) is 4.79 Å². The van der Waals surface area contributed by atoms with Crippen LogP contribution in [0, 0.1) is 16.7 Å². The van der Waals surface area contributed by atoms with Crippen molar-refractivity contribution >= 4 is 5.91 Å². The Balaban J connectivity index is 1.56. The summed E-state index contributed by atoms with van der Waals surface area (Å²) in [7, 11) is 0.